The van der Waals surface area contributed by atoms with Gasteiger partial charge in [-0.05, 0) is 51.7 Å². The summed E-state index contributed by atoms with van der Waals surface area (Å²) in [5, 5.41) is 5.51. The van der Waals surface area contributed by atoms with Crippen LogP contribution in [-0.2, 0) is 26.4 Å². The third-order valence-corrected chi connectivity index (χ3v) is 9.40. The summed E-state index contributed by atoms with van der Waals surface area (Å²) in [7, 11) is 1.61. The van der Waals surface area contributed by atoms with Crippen molar-refractivity contribution in [2.75, 3.05) is 20.3 Å². The van der Waals surface area contributed by atoms with Crippen LogP contribution in [0.15, 0.2) is 52.3 Å². The molecule has 0 saturated carbocycles. The van der Waals surface area contributed by atoms with E-state index in [0.29, 0.717) is 34.7 Å². The van der Waals surface area contributed by atoms with E-state index in [9.17, 15) is 14.4 Å². The van der Waals surface area contributed by atoms with Crippen LogP contribution in [0.5, 0.6) is 5.75 Å². The number of ether oxygens (including phenoxy) is 3. The fourth-order valence-electron chi connectivity index (χ4n) is 5.70. The van der Waals surface area contributed by atoms with Gasteiger partial charge in [-0.25, -0.2) is 14.0 Å². The zero-order chi connectivity index (χ0) is 30.9. The van der Waals surface area contributed by atoms with Gasteiger partial charge in [0.05, 0.1) is 25.1 Å². The third kappa shape index (κ3) is 5.98. The number of aryl methyl sites for hydroxylation is 1. The number of fused-ring (bicyclic) bond motifs is 1. The van der Waals surface area contributed by atoms with Crippen molar-refractivity contribution in [3.8, 4) is 10.8 Å². The van der Waals surface area contributed by atoms with Crippen LogP contribution in [0.25, 0.3) is 15.2 Å². The van der Waals surface area contributed by atoms with Crippen LogP contribution in [0, 0.1) is 12.8 Å². The molecule has 1 fully saturated rings. The predicted molar refractivity (Wildman–Crippen MR) is 167 cm³/mol. The van der Waals surface area contributed by atoms with Crippen LogP contribution in [0.1, 0.15) is 64.2 Å². The summed E-state index contributed by atoms with van der Waals surface area (Å²) in [6.07, 6.45) is 4.53. The summed E-state index contributed by atoms with van der Waals surface area (Å²) in [4.78, 5) is 42.8. The van der Waals surface area contributed by atoms with E-state index in [2.05, 4.69) is 5.10 Å². The van der Waals surface area contributed by atoms with Gasteiger partial charge in [0, 0.05) is 43.2 Å². The highest BCUT2D eigenvalue weighted by atomic mass is 32.1. The molecule has 0 unspecified atom stereocenters. The maximum atomic E-state index is 14.5. The van der Waals surface area contributed by atoms with Crippen molar-refractivity contribution in [1.29, 1.82) is 0 Å². The standard InChI is InChI=1S/C32H40N4O6S/c1-20(2)18-26(37)32(4,5)36-28(38)27-21(3)29(35-15-9-14-33-35)43-30(27)34(31(36)39)19-25(42-22-12-16-41-17-13-22)23-10-7-8-11-24(23)40-6/h7-11,14-15,20,22,25H,12-13,16-19H2,1-6H3/t25-/m0/s1. The summed E-state index contributed by atoms with van der Waals surface area (Å²) in [6, 6.07) is 9.42. The molecule has 5 rings (SSSR count). The topological polar surface area (TPSA) is 107 Å². The van der Waals surface area contributed by atoms with E-state index in [1.54, 1.807) is 42.6 Å². The first kappa shape index (κ1) is 30.9. The molecule has 4 heterocycles. The second-order valence-corrected chi connectivity index (χ2v) is 12.9. The molecule has 0 N–H and O–H groups in total. The number of hydrogen-bond acceptors (Lipinski definition) is 8. The van der Waals surface area contributed by atoms with Gasteiger partial charge in [0.2, 0.25) is 0 Å². The van der Waals surface area contributed by atoms with Gasteiger partial charge in [0.1, 0.15) is 27.2 Å². The Morgan fingerprint density at radius 1 is 1.16 bits per heavy atom. The summed E-state index contributed by atoms with van der Waals surface area (Å²) in [6.45, 7) is 10.4. The van der Waals surface area contributed by atoms with Crippen LogP contribution in [-0.4, -0.2) is 51.1 Å². The number of hydrogen-bond donors (Lipinski definition) is 0. The van der Waals surface area contributed by atoms with Crippen molar-refractivity contribution in [3.05, 3.63) is 74.7 Å². The lowest BCUT2D eigenvalue weighted by atomic mass is 9.91. The number of carbonyl (C=O) groups is 1. The maximum Gasteiger partial charge on any atom is 0.333 e. The number of aromatic nitrogens is 4. The van der Waals surface area contributed by atoms with E-state index in [0.717, 1.165) is 28.0 Å². The molecule has 43 heavy (non-hydrogen) atoms. The highest BCUT2D eigenvalue weighted by molar-refractivity contribution is 7.21. The van der Waals surface area contributed by atoms with Crippen molar-refractivity contribution in [2.24, 2.45) is 5.92 Å². The van der Waals surface area contributed by atoms with Crippen LogP contribution in [0.3, 0.4) is 0 Å². The Balaban J connectivity index is 1.75. The number of para-hydroxylation sites is 1. The highest BCUT2D eigenvalue weighted by Gasteiger charge is 2.36. The van der Waals surface area contributed by atoms with Crippen LogP contribution >= 0.6 is 11.3 Å². The molecule has 3 aromatic heterocycles. The number of carbonyl (C=O) groups excluding carboxylic acids is 1. The zero-order valence-corrected chi connectivity index (χ0v) is 26.5. The Bertz CT molecular complexity index is 1710. The van der Waals surface area contributed by atoms with Gasteiger partial charge in [-0.15, -0.1) is 0 Å². The molecule has 1 saturated heterocycles. The molecule has 1 aliphatic heterocycles. The van der Waals surface area contributed by atoms with Gasteiger partial charge in [0.25, 0.3) is 5.56 Å². The van der Waals surface area contributed by atoms with Gasteiger partial charge in [0.15, 0.2) is 5.78 Å². The van der Waals surface area contributed by atoms with E-state index in [1.165, 1.54) is 11.3 Å². The summed E-state index contributed by atoms with van der Waals surface area (Å²) in [5.41, 5.74) is -0.906. The normalized spacial score (nSPS) is 15.3. The molecule has 0 aliphatic carbocycles. The number of thiophene rings is 1. The largest absolute Gasteiger partial charge is 0.496 e. The summed E-state index contributed by atoms with van der Waals surface area (Å²) >= 11 is 1.33. The van der Waals surface area contributed by atoms with Crippen LogP contribution < -0.4 is 16.0 Å². The number of rotatable bonds is 11. The molecule has 0 radical (unpaired) electrons. The average molecular weight is 609 g/mol. The van der Waals surface area contributed by atoms with E-state index in [4.69, 9.17) is 14.2 Å². The monoisotopic (exact) mass is 608 g/mol. The van der Waals surface area contributed by atoms with Gasteiger partial charge in [-0.2, -0.15) is 5.10 Å². The SMILES string of the molecule is COc1ccccc1[C@H](Cn1c(=O)n(C(C)(C)C(=O)CC(C)C)c(=O)c2c(C)c(-n3cccn3)sc21)OC1CCOCC1. The lowest BCUT2D eigenvalue weighted by molar-refractivity contribution is -0.127. The minimum absolute atomic E-state index is 0.0745. The lowest BCUT2D eigenvalue weighted by Gasteiger charge is -2.30. The third-order valence-electron chi connectivity index (χ3n) is 8.09. The average Bonchev–Trinajstić information content (AvgIpc) is 3.63. The molecule has 230 valence electrons. The number of benzene rings is 1. The zero-order valence-electron chi connectivity index (χ0n) is 25.7. The Labute approximate surface area is 254 Å². The number of ketones is 1. The van der Waals surface area contributed by atoms with Crippen molar-refractivity contribution in [1.82, 2.24) is 18.9 Å². The highest BCUT2D eigenvalue weighted by Crippen LogP contribution is 2.35. The fourth-order valence-corrected chi connectivity index (χ4v) is 6.94. The van der Waals surface area contributed by atoms with E-state index in [1.807, 2.05) is 51.1 Å². The molecule has 11 heteroatoms. The molecule has 4 aromatic rings. The Morgan fingerprint density at radius 2 is 1.88 bits per heavy atom. The van der Waals surface area contributed by atoms with Gasteiger partial charge < -0.3 is 14.2 Å². The van der Waals surface area contributed by atoms with E-state index in [-0.39, 0.29) is 30.8 Å². The fraction of sp³-hybridized carbons (Fsp3) is 0.500. The smallest absolute Gasteiger partial charge is 0.333 e. The molecule has 0 spiro atoms. The number of methoxy groups -OCH3 is 1. The van der Waals surface area contributed by atoms with Crippen molar-refractivity contribution in [3.63, 3.8) is 0 Å². The lowest BCUT2D eigenvalue weighted by Crippen LogP contribution is -2.53. The van der Waals surface area contributed by atoms with Crippen molar-refractivity contribution >= 4 is 27.3 Å². The van der Waals surface area contributed by atoms with Gasteiger partial charge in [-0.1, -0.05) is 43.4 Å². The molecule has 1 aliphatic rings. The maximum absolute atomic E-state index is 14.5. The number of nitrogens with zero attached hydrogens (tertiary/aromatic N) is 4. The molecule has 1 atom stereocenters. The Hall–Kier alpha value is -3.54. The minimum atomic E-state index is -1.36. The minimum Gasteiger partial charge on any atom is -0.496 e. The van der Waals surface area contributed by atoms with Crippen molar-refractivity contribution < 1.29 is 19.0 Å². The van der Waals surface area contributed by atoms with Gasteiger partial charge >= 0.3 is 5.69 Å². The Morgan fingerprint density at radius 3 is 2.53 bits per heavy atom. The first-order valence-corrected chi connectivity index (χ1v) is 15.5. The van der Waals surface area contributed by atoms with E-state index >= 15 is 0 Å². The molecular formula is C32H40N4O6S. The Kier molecular flexibility index (Phi) is 9.05. The van der Waals surface area contributed by atoms with E-state index < -0.39 is 22.9 Å². The van der Waals surface area contributed by atoms with Crippen LogP contribution in [0.4, 0.5) is 0 Å². The molecule has 0 amide bonds. The summed E-state index contributed by atoms with van der Waals surface area (Å²) < 4.78 is 22.4. The molecule has 10 nitrogen and oxygen atoms in total. The first-order chi connectivity index (χ1) is 20.5. The second kappa shape index (κ2) is 12.6. The molecule has 0 bridgehead atoms. The second-order valence-electron chi connectivity index (χ2n) is 12.0. The van der Waals surface area contributed by atoms with Crippen LogP contribution in [0.2, 0.25) is 0 Å². The predicted octanol–water partition coefficient (Wildman–Crippen LogP) is 5.01. The quantitative estimate of drug-likeness (QED) is 0.236. The van der Waals surface area contributed by atoms with Crippen molar-refractivity contribution in [2.45, 2.75) is 78.2 Å². The molecule has 1 aromatic carbocycles. The first-order valence-electron chi connectivity index (χ1n) is 14.7. The van der Waals surface area contributed by atoms with Gasteiger partial charge in [-0.3, -0.25) is 14.2 Å². The summed E-state index contributed by atoms with van der Waals surface area (Å²) in [5.74, 6) is 0.544. The molecular weight excluding hydrogens is 568 g/mol. The number of Topliss-reactive ketones (excluding diaryl/α,β-unsaturated/α-hetero) is 1.